The van der Waals surface area contributed by atoms with Crippen LogP contribution in [0.5, 0.6) is 0 Å². The first-order valence-electron chi connectivity index (χ1n) is 5.18. The second-order valence-electron chi connectivity index (χ2n) is 3.71. The van der Waals surface area contributed by atoms with Crippen LogP contribution in [-0.2, 0) is 16.6 Å². The second-order valence-corrected chi connectivity index (χ2v) is 6.96. The summed E-state index contributed by atoms with van der Waals surface area (Å²) in [6.07, 6.45) is 0. The maximum atomic E-state index is 13.5. The Bertz CT molecular complexity index is 700. The maximum absolute atomic E-state index is 13.5. The summed E-state index contributed by atoms with van der Waals surface area (Å²) in [5, 5.41) is 1.84. The number of anilines is 1. The predicted molar refractivity (Wildman–Crippen MR) is 74.4 cm³/mol. The predicted octanol–water partition coefficient (Wildman–Crippen LogP) is 2.80. The minimum Gasteiger partial charge on any atom is -0.326 e. The van der Waals surface area contributed by atoms with Crippen LogP contribution >= 0.6 is 22.9 Å². The number of hydrogen-bond acceptors (Lipinski definition) is 4. The van der Waals surface area contributed by atoms with Gasteiger partial charge in [0.15, 0.2) is 0 Å². The third kappa shape index (κ3) is 3.24. The van der Waals surface area contributed by atoms with Gasteiger partial charge in [0.1, 0.15) is 10.0 Å². The highest BCUT2D eigenvalue weighted by Gasteiger charge is 2.18. The van der Waals surface area contributed by atoms with E-state index >= 15 is 0 Å². The van der Waals surface area contributed by atoms with Crippen molar-refractivity contribution in [2.75, 3.05) is 4.72 Å². The third-order valence-electron chi connectivity index (χ3n) is 2.31. The molecule has 0 aliphatic rings. The number of nitrogens with one attached hydrogen (secondary N) is 1. The Kier molecular flexibility index (Phi) is 4.10. The summed E-state index contributed by atoms with van der Waals surface area (Å²) >= 11 is 6.63. The molecular formula is C11H10ClFN2O2S2. The molecule has 0 spiro atoms. The summed E-state index contributed by atoms with van der Waals surface area (Å²) < 4.78 is 39.9. The van der Waals surface area contributed by atoms with Crippen molar-refractivity contribution in [3.8, 4) is 0 Å². The van der Waals surface area contributed by atoms with Crippen LogP contribution in [0, 0.1) is 5.82 Å². The van der Waals surface area contributed by atoms with Crippen LogP contribution in [0.4, 0.5) is 10.1 Å². The molecule has 0 amide bonds. The van der Waals surface area contributed by atoms with Crippen molar-refractivity contribution >= 4 is 38.6 Å². The van der Waals surface area contributed by atoms with E-state index in [1.54, 1.807) is 5.38 Å². The van der Waals surface area contributed by atoms with Gasteiger partial charge in [-0.25, -0.2) is 12.8 Å². The van der Waals surface area contributed by atoms with Gasteiger partial charge >= 0.3 is 0 Å². The van der Waals surface area contributed by atoms with E-state index in [1.807, 2.05) is 0 Å². The highest BCUT2D eigenvalue weighted by molar-refractivity contribution is 7.94. The number of halogens is 2. The first-order valence-corrected chi connectivity index (χ1v) is 7.92. The normalized spacial score (nSPS) is 11.5. The quantitative estimate of drug-likeness (QED) is 0.910. The molecule has 19 heavy (non-hydrogen) atoms. The zero-order valence-electron chi connectivity index (χ0n) is 9.56. The molecule has 0 bridgehead atoms. The van der Waals surface area contributed by atoms with E-state index in [0.717, 1.165) is 17.4 Å². The fourth-order valence-corrected chi connectivity index (χ4v) is 3.82. The SMILES string of the molecule is NCc1csc(S(=O)(=O)Nc2ccc(Cl)cc2F)c1. The molecule has 1 aromatic carbocycles. The highest BCUT2D eigenvalue weighted by Crippen LogP contribution is 2.25. The molecule has 0 fully saturated rings. The van der Waals surface area contributed by atoms with Crippen LogP contribution in [0.15, 0.2) is 33.9 Å². The minimum atomic E-state index is -3.81. The standard InChI is InChI=1S/C11H10ClFN2O2S2/c12-8-1-2-10(9(13)4-8)15-19(16,17)11-3-7(5-14)6-18-11/h1-4,6,15H,5,14H2. The fraction of sp³-hybridized carbons (Fsp3) is 0.0909. The van der Waals surface area contributed by atoms with Gasteiger partial charge in [-0.05, 0) is 35.2 Å². The van der Waals surface area contributed by atoms with E-state index in [9.17, 15) is 12.8 Å². The van der Waals surface area contributed by atoms with Gasteiger partial charge in [-0.2, -0.15) is 0 Å². The van der Waals surface area contributed by atoms with Gasteiger partial charge in [0.25, 0.3) is 10.0 Å². The van der Waals surface area contributed by atoms with Crippen molar-refractivity contribution in [3.63, 3.8) is 0 Å². The monoisotopic (exact) mass is 320 g/mol. The molecule has 0 atom stereocenters. The van der Waals surface area contributed by atoms with Gasteiger partial charge < -0.3 is 5.73 Å². The second kappa shape index (κ2) is 5.46. The molecular weight excluding hydrogens is 311 g/mol. The number of nitrogens with two attached hydrogens (primary N) is 1. The Morgan fingerprint density at radius 3 is 2.68 bits per heavy atom. The van der Waals surface area contributed by atoms with Crippen molar-refractivity contribution < 1.29 is 12.8 Å². The van der Waals surface area contributed by atoms with E-state index in [0.29, 0.717) is 5.56 Å². The Hall–Kier alpha value is -1.15. The Labute approximate surface area is 119 Å². The summed E-state index contributed by atoms with van der Waals surface area (Å²) in [5.74, 6) is -0.730. The molecule has 0 aliphatic carbocycles. The Morgan fingerprint density at radius 1 is 1.37 bits per heavy atom. The first kappa shape index (κ1) is 14.3. The zero-order valence-corrected chi connectivity index (χ0v) is 11.9. The molecule has 0 saturated heterocycles. The largest absolute Gasteiger partial charge is 0.326 e. The number of sulfonamides is 1. The lowest BCUT2D eigenvalue weighted by atomic mass is 10.3. The molecule has 0 saturated carbocycles. The summed E-state index contributed by atoms with van der Waals surface area (Å²) in [6, 6.07) is 5.18. The van der Waals surface area contributed by atoms with Gasteiger partial charge in [0.2, 0.25) is 0 Å². The van der Waals surface area contributed by atoms with E-state index in [-0.39, 0.29) is 21.5 Å². The van der Waals surface area contributed by atoms with Crippen LogP contribution in [0.25, 0.3) is 0 Å². The summed E-state index contributed by atoms with van der Waals surface area (Å²) in [5.41, 5.74) is 5.98. The summed E-state index contributed by atoms with van der Waals surface area (Å²) in [7, 11) is -3.81. The number of thiophene rings is 1. The molecule has 1 heterocycles. The highest BCUT2D eigenvalue weighted by atomic mass is 35.5. The average Bonchev–Trinajstić information content (AvgIpc) is 2.82. The molecule has 1 aromatic heterocycles. The van der Waals surface area contributed by atoms with Crippen LogP contribution in [0.2, 0.25) is 5.02 Å². The van der Waals surface area contributed by atoms with Crippen molar-refractivity contribution in [1.82, 2.24) is 0 Å². The lowest BCUT2D eigenvalue weighted by Gasteiger charge is -2.07. The molecule has 0 radical (unpaired) electrons. The summed E-state index contributed by atoms with van der Waals surface area (Å²) in [6.45, 7) is 0.251. The van der Waals surface area contributed by atoms with E-state index < -0.39 is 15.8 Å². The van der Waals surface area contributed by atoms with Crippen LogP contribution < -0.4 is 10.5 Å². The van der Waals surface area contributed by atoms with Gasteiger partial charge in [0.05, 0.1) is 5.69 Å². The zero-order chi connectivity index (χ0) is 14.0. The first-order chi connectivity index (χ1) is 8.92. The van der Waals surface area contributed by atoms with E-state index in [4.69, 9.17) is 17.3 Å². The molecule has 2 rings (SSSR count). The number of hydrogen-bond donors (Lipinski definition) is 2. The van der Waals surface area contributed by atoms with Gasteiger partial charge in [-0.15, -0.1) is 11.3 Å². The average molecular weight is 321 g/mol. The summed E-state index contributed by atoms with van der Waals surface area (Å²) in [4.78, 5) is 0. The fourth-order valence-electron chi connectivity index (χ4n) is 1.37. The molecule has 8 heteroatoms. The molecule has 102 valence electrons. The number of benzene rings is 1. The van der Waals surface area contributed by atoms with Crippen LogP contribution in [0.1, 0.15) is 5.56 Å². The Balaban J connectivity index is 2.30. The van der Waals surface area contributed by atoms with Crippen LogP contribution in [0.3, 0.4) is 0 Å². The molecule has 4 nitrogen and oxygen atoms in total. The molecule has 0 aliphatic heterocycles. The van der Waals surface area contributed by atoms with Gasteiger partial charge in [-0.1, -0.05) is 11.6 Å². The lowest BCUT2D eigenvalue weighted by molar-refractivity contribution is 0.600. The van der Waals surface area contributed by atoms with Crippen molar-refractivity contribution in [2.24, 2.45) is 5.73 Å². The molecule has 2 aromatic rings. The smallest absolute Gasteiger partial charge is 0.271 e. The van der Waals surface area contributed by atoms with E-state index in [1.165, 1.54) is 18.2 Å². The lowest BCUT2D eigenvalue weighted by Crippen LogP contribution is -2.12. The van der Waals surface area contributed by atoms with E-state index in [2.05, 4.69) is 4.72 Å². The number of rotatable bonds is 4. The van der Waals surface area contributed by atoms with Crippen molar-refractivity contribution in [2.45, 2.75) is 10.8 Å². The topological polar surface area (TPSA) is 72.2 Å². The van der Waals surface area contributed by atoms with Crippen molar-refractivity contribution in [3.05, 3.63) is 46.0 Å². The Morgan fingerprint density at radius 2 is 2.11 bits per heavy atom. The van der Waals surface area contributed by atoms with Crippen molar-refractivity contribution in [1.29, 1.82) is 0 Å². The van der Waals surface area contributed by atoms with Gasteiger partial charge in [-0.3, -0.25) is 4.72 Å². The third-order valence-corrected chi connectivity index (χ3v) is 5.39. The maximum Gasteiger partial charge on any atom is 0.271 e. The minimum absolute atomic E-state index is 0.0855. The van der Waals surface area contributed by atoms with Gasteiger partial charge in [0, 0.05) is 11.6 Å². The molecule has 3 N–H and O–H groups in total. The van der Waals surface area contributed by atoms with Crippen LogP contribution in [-0.4, -0.2) is 8.42 Å². The molecule has 0 unspecified atom stereocenters.